The molecule has 0 saturated heterocycles. The van der Waals surface area contributed by atoms with Crippen LogP contribution in [0.3, 0.4) is 0 Å². The van der Waals surface area contributed by atoms with Crippen LogP contribution in [0.25, 0.3) is 0 Å². The molecule has 0 radical (unpaired) electrons. The Bertz CT molecular complexity index is 103. The van der Waals surface area contributed by atoms with Crippen molar-refractivity contribution in [3.8, 4) is 0 Å². The van der Waals surface area contributed by atoms with Crippen LogP contribution in [0.4, 0.5) is 0 Å². The van der Waals surface area contributed by atoms with Crippen LogP contribution in [0.2, 0.25) is 0 Å². The smallest absolute Gasteiger partial charge is 1.00 e. The van der Waals surface area contributed by atoms with Gasteiger partial charge in [-0.15, -0.1) is 12.4 Å². The molecule has 8 heteroatoms. The molecule has 0 aliphatic carbocycles. The van der Waals surface area contributed by atoms with E-state index in [0.717, 1.165) is 0 Å². The Hall–Kier alpha value is 0.886. The van der Waals surface area contributed by atoms with Gasteiger partial charge in [0.05, 0.1) is 0 Å². The maximum Gasteiger partial charge on any atom is 2.00 e. The zero-order valence-electron chi connectivity index (χ0n) is 5.73. The molecule has 0 aromatic carbocycles. The summed E-state index contributed by atoms with van der Waals surface area (Å²) in [6.07, 6.45) is 0. The summed E-state index contributed by atoms with van der Waals surface area (Å²) in [6.45, 7) is 0. The quantitative estimate of drug-likeness (QED) is 0.359. The minimum atomic E-state index is -4.67. The summed E-state index contributed by atoms with van der Waals surface area (Å²) in [5, 5.41) is 0. The van der Waals surface area contributed by atoms with Crippen molar-refractivity contribution in [3.05, 3.63) is 0 Å². The largest absolute Gasteiger partial charge is 2.00 e. The predicted molar refractivity (Wildman–Crippen MR) is 33.0 cm³/mol. The first-order chi connectivity index (χ1) is 2.00. The predicted octanol–water partition coefficient (Wildman–Crippen LogP) is -1.21. The number of halogens is 1. The summed E-state index contributed by atoms with van der Waals surface area (Å²) < 4.78 is 31.6. The van der Waals surface area contributed by atoms with E-state index < -0.39 is 10.4 Å². The van der Waals surface area contributed by atoms with Crippen LogP contribution in [0.15, 0.2) is 0 Å². The zero-order valence-corrected chi connectivity index (χ0v) is 6.78. The first-order valence-corrected chi connectivity index (χ1v) is 2.10. The molecular formula is H7ClMgO5S. The molecule has 0 spiro atoms. The molecule has 0 fully saturated rings. The van der Waals surface area contributed by atoms with Crippen molar-refractivity contribution in [2.75, 3.05) is 0 Å². The fourth-order valence-corrected chi connectivity index (χ4v) is 0. The van der Waals surface area contributed by atoms with Gasteiger partial charge in [0, 0.05) is 0 Å². The Morgan fingerprint density at radius 2 is 1.25 bits per heavy atom. The summed E-state index contributed by atoms with van der Waals surface area (Å²) in [5.74, 6) is 0. The monoisotopic (exact) mass is 178 g/mol. The maximum absolute atomic E-state index is 8.74. The van der Waals surface area contributed by atoms with Crippen LogP contribution >= 0.6 is 12.4 Å². The van der Waals surface area contributed by atoms with E-state index in [4.69, 9.17) is 17.5 Å². The van der Waals surface area contributed by atoms with E-state index in [1.807, 2.05) is 0 Å². The van der Waals surface area contributed by atoms with Crippen LogP contribution in [0.1, 0.15) is 2.85 Å². The van der Waals surface area contributed by atoms with Gasteiger partial charge in [0.1, 0.15) is 0 Å². The first-order valence-electron chi connectivity index (χ1n) is 0.698. The molecule has 8 heavy (non-hydrogen) atoms. The minimum absolute atomic E-state index is 0. The molecule has 0 rings (SSSR count). The van der Waals surface area contributed by atoms with Crippen molar-refractivity contribution in [1.82, 2.24) is 0 Å². The molecule has 0 unspecified atom stereocenters. The van der Waals surface area contributed by atoms with Crippen LogP contribution in [-0.2, 0) is 10.4 Å². The van der Waals surface area contributed by atoms with Crippen molar-refractivity contribution in [2.24, 2.45) is 0 Å². The molecule has 52 valence electrons. The second kappa shape index (κ2) is 7.89. The van der Waals surface area contributed by atoms with Gasteiger partial charge in [0.15, 0.2) is 0 Å². The zero-order chi connectivity index (χ0) is 4.50. The average Bonchev–Trinajstić information content (AvgIpc) is 0.722. The Morgan fingerprint density at radius 1 is 1.25 bits per heavy atom. The summed E-state index contributed by atoms with van der Waals surface area (Å²) >= 11 is 0. The first kappa shape index (κ1) is 23.1. The van der Waals surface area contributed by atoms with E-state index in [2.05, 4.69) is 0 Å². The Morgan fingerprint density at radius 3 is 1.25 bits per heavy atom. The summed E-state index contributed by atoms with van der Waals surface area (Å²) in [4.78, 5) is 0. The molecule has 0 aliphatic heterocycles. The van der Waals surface area contributed by atoms with E-state index >= 15 is 0 Å². The van der Waals surface area contributed by atoms with Crippen molar-refractivity contribution in [3.63, 3.8) is 0 Å². The van der Waals surface area contributed by atoms with E-state index in [1.165, 1.54) is 0 Å². The standard InChI is InChI=1S/ClH.Mg.H2O4S.H2O.2H/c;;1-5(2,3)4;;;/h1H;;(H2,1,2,3,4);1H2;;/q;+2;;;2*-1. The van der Waals surface area contributed by atoms with Gasteiger partial charge in [-0.25, -0.2) is 0 Å². The SMILES string of the molecule is Cl.O.O=S(=O)(O)O.[H-].[H-].[Mg+2]. The molecule has 0 aliphatic rings. The molecule has 0 saturated carbocycles. The van der Waals surface area contributed by atoms with Gasteiger partial charge in [-0.3, -0.25) is 9.11 Å². The average molecular weight is 179 g/mol. The fourth-order valence-electron chi connectivity index (χ4n) is 0. The number of rotatable bonds is 0. The molecule has 0 atom stereocenters. The van der Waals surface area contributed by atoms with Gasteiger partial charge in [0.25, 0.3) is 0 Å². The summed E-state index contributed by atoms with van der Waals surface area (Å²) in [5.41, 5.74) is 0. The molecule has 0 heterocycles. The van der Waals surface area contributed by atoms with E-state index in [9.17, 15) is 0 Å². The molecular weight excluding hydrogens is 172 g/mol. The Kier molecular flexibility index (Phi) is 22.8. The van der Waals surface area contributed by atoms with E-state index in [0.29, 0.717) is 0 Å². The summed E-state index contributed by atoms with van der Waals surface area (Å²) in [6, 6.07) is 0. The topological polar surface area (TPSA) is 106 Å². The molecule has 0 amide bonds. The third-order valence-electron chi connectivity index (χ3n) is 0. The van der Waals surface area contributed by atoms with Crippen LogP contribution in [0, 0.1) is 0 Å². The number of hydrogen-bond acceptors (Lipinski definition) is 2. The third kappa shape index (κ3) is 304. The Balaban J connectivity index is -0.00000000800. The van der Waals surface area contributed by atoms with Gasteiger partial charge in [-0.05, 0) is 0 Å². The van der Waals surface area contributed by atoms with Gasteiger partial charge < -0.3 is 8.33 Å². The second-order valence-corrected chi connectivity index (χ2v) is 1.34. The van der Waals surface area contributed by atoms with Crippen LogP contribution in [-0.4, -0.2) is 46.1 Å². The third-order valence-corrected chi connectivity index (χ3v) is 0. The van der Waals surface area contributed by atoms with Gasteiger partial charge in [0.2, 0.25) is 0 Å². The molecule has 0 aromatic rings. The molecule has 4 N–H and O–H groups in total. The molecule has 0 aromatic heterocycles. The van der Waals surface area contributed by atoms with Crippen molar-refractivity contribution < 1.29 is 25.9 Å². The van der Waals surface area contributed by atoms with E-state index in [-0.39, 0.29) is 43.8 Å². The van der Waals surface area contributed by atoms with E-state index in [1.54, 1.807) is 0 Å². The van der Waals surface area contributed by atoms with Crippen LogP contribution < -0.4 is 0 Å². The normalized spacial score (nSPS) is 7.25. The van der Waals surface area contributed by atoms with Gasteiger partial charge in [-0.1, -0.05) is 0 Å². The van der Waals surface area contributed by atoms with Gasteiger partial charge in [-0.2, -0.15) is 8.42 Å². The van der Waals surface area contributed by atoms with Crippen molar-refractivity contribution >= 4 is 45.9 Å². The molecule has 5 nitrogen and oxygen atoms in total. The van der Waals surface area contributed by atoms with Crippen LogP contribution in [0.5, 0.6) is 0 Å². The summed E-state index contributed by atoms with van der Waals surface area (Å²) in [7, 11) is -4.67. The fraction of sp³-hybridized carbons (Fsp3) is 0. The molecule has 0 bridgehead atoms. The van der Waals surface area contributed by atoms with Gasteiger partial charge >= 0.3 is 33.5 Å². The Labute approximate surface area is 71.9 Å². The minimum Gasteiger partial charge on any atom is -1.00 e. The second-order valence-electron chi connectivity index (χ2n) is 0.448. The van der Waals surface area contributed by atoms with Crippen molar-refractivity contribution in [1.29, 1.82) is 0 Å². The number of hydrogen-bond donors (Lipinski definition) is 2. The maximum atomic E-state index is 8.74. The van der Waals surface area contributed by atoms with Crippen molar-refractivity contribution in [2.45, 2.75) is 0 Å².